The minimum Gasteiger partial charge on any atom is -0.381 e. The molecule has 1 aromatic carbocycles. The molecule has 1 amide bonds. The van der Waals surface area contributed by atoms with E-state index in [-0.39, 0.29) is 11.7 Å². The van der Waals surface area contributed by atoms with Crippen molar-refractivity contribution in [1.82, 2.24) is 15.1 Å². The van der Waals surface area contributed by atoms with Crippen LogP contribution in [0.4, 0.5) is 4.39 Å². The molecular weight excluding hydrogens is 309 g/mol. The van der Waals surface area contributed by atoms with Crippen LogP contribution in [0.3, 0.4) is 0 Å². The Morgan fingerprint density at radius 2 is 2.17 bits per heavy atom. The van der Waals surface area contributed by atoms with Crippen molar-refractivity contribution >= 4 is 5.91 Å². The van der Waals surface area contributed by atoms with Crippen LogP contribution >= 0.6 is 0 Å². The van der Waals surface area contributed by atoms with Gasteiger partial charge in [-0.05, 0) is 30.5 Å². The molecule has 1 fully saturated rings. The monoisotopic (exact) mass is 329 g/mol. The predicted molar refractivity (Wildman–Crippen MR) is 85.8 cm³/mol. The molecule has 0 spiro atoms. The van der Waals surface area contributed by atoms with E-state index >= 15 is 0 Å². The van der Waals surface area contributed by atoms with Crippen LogP contribution < -0.4 is 0 Å². The lowest BCUT2D eigenvalue weighted by Gasteiger charge is -2.41. The molecule has 4 rings (SSSR count). The van der Waals surface area contributed by atoms with Gasteiger partial charge in [-0.1, -0.05) is 12.1 Å². The van der Waals surface area contributed by atoms with Crippen molar-refractivity contribution in [3.8, 4) is 0 Å². The summed E-state index contributed by atoms with van der Waals surface area (Å²) in [5, 5.41) is 7.05. The van der Waals surface area contributed by atoms with E-state index in [1.54, 1.807) is 12.3 Å². The zero-order valence-electron chi connectivity index (χ0n) is 13.4. The molecule has 1 N–H and O–H groups in total. The van der Waals surface area contributed by atoms with Crippen molar-refractivity contribution in [2.75, 3.05) is 19.8 Å². The molecule has 24 heavy (non-hydrogen) atoms. The van der Waals surface area contributed by atoms with Crippen LogP contribution in [0.2, 0.25) is 0 Å². The number of amides is 1. The number of aromatic amines is 1. The molecule has 5 nitrogen and oxygen atoms in total. The van der Waals surface area contributed by atoms with Crippen molar-refractivity contribution in [3.05, 3.63) is 53.1 Å². The number of carbonyl (C=O) groups is 1. The number of rotatable bonds is 2. The van der Waals surface area contributed by atoms with Gasteiger partial charge in [-0.3, -0.25) is 9.89 Å². The summed E-state index contributed by atoms with van der Waals surface area (Å²) in [6.45, 7) is 2.26. The first-order chi connectivity index (χ1) is 11.7. The second-order valence-electron chi connectivity index (χ2n) is 6.56. The Kier molecular flexibility index (Phi) is 3.84. The lowest BCUT2D eigenvalue weighted by Crippen LogP contribution is -2.51. The maximum Gasteiger partial charge on any atom is 0.233 e. The van der Waals surface area contributed by atoms with Crippen molar-refractivity contribution in [2.24, 2.45) is 0 Å². The fraction of sp³-hybridized carbons (Fsp3) is 0.444. The highest BCUT2D eigenvalue weighted by molar-refractivity contribution is 5.88. The zero-order valence-corrected chi connectivity index (χ0v) is 13.4. The Labute approximate surface area is 139 Å². The SMILES string of the molecule is O=C(N1CCc2[nH]ncc2C1)C1(c2cccc(F)c2)CCOCC1. The standard InChI is InChI=1S/C18H20FN3O2/c19-15-3-1-2-14(10-15)18(5-8-24-9-6-18)17(23)22-7-4-16-13(12-22)11-20-21-16/h1-3,10-11H,4-9,12H2,(H,20,21). The van der Waals surface area contributed by atoms with Crippen molar-refractivity contribution in [3.63, 3.8) is 0 Å². The Morgan fingerprint density at radius 3 is 2.96 bits per heavy atom. The van der Waals surface area contributed by atoms with E-state index in [9.17, 15) is 9.18 Å². The molecule has 3 heterocycles. The third-order valence-corrected chi connectivity index (χ3v) is 5.22. The predicted octanol–water partition coefficient (Wildman–Crippen LogP) is 2.18. The minimum absolute atomic E-state index is 0.0725. The van der Waals surface area contributed by atoms with Gasteiger partial charge < -0.3 is 9.64 Å². The molecule has 6 heteroatoms. The number of fused-ring (bicyclic) bond motifs is 1. The minimum atomic E-state index is -0.693. The van der Waals surface area contributed by atoms with Gasteiger partial charge in [-0.15, -0.1) is 0 Å². The summed E-state index contributed by atoms with van der Waals surface area (Å²) in [5.74, 6) is -0.231. The van der Waals surface area contributed by atoms with Gasteiger partial charge in [-0.2, -0.15) is 5.10 Å². The number of nitrogens with zero attached hydrogens (tertiary/aromatic N) is 2. The zero-order chi connectivity index (χ0) is 16.6. The van der Waals surface area contributed by atoms with Gasteiger partial charge in [-0.25, -0.2) is 4.39 Å². The van der Waals surface area contributed by atoms with E-state index in [0.29, 0.717) is 39.1 Å². The summed E-state index contributed by atoms with van der Waals surface area (Å²) in [6, 6.07) is 6.45. The summed E-state index contributed by atoms with van der Waals surface area (Å²) in [4.78, 5) is 15.3. The quantitative estimate of drug-likeness (QED) is 0.919. The Hall–Kier alpha value is -2.21. The first kappa shape index (κ1) is 15.3. The average molecular weight is 329 g/mol. The molecule has 0 atom stereocenters. The Morgan fingerprint density at radius 1 is 1.33 bits per heavy atom. The topological polar surface area (TPSA) is 58.2 Å². The number of H-pyrrole nitrogens is 1. The molecule has 2 aliphatic heterocycles. The van der Waals surface area contributed by atoms with Crippen LogP contribution in [0.25, 0.3) is 0 Å². The molecule has 1 saturated heterocycles. The molecule has 0 unspecified atom stereocenters. The summed E-state index contributed by atoms with van der Waals surface area (Å²) in [5.41, 5.74) is 2.23. The number of hydrogen-bond donors (Lipinski definition) is 1. The van der Waals surface area contributed by atoms with Gasteiger partial charge in [0, 0.05) is 44.0 Å². The molecular formula is C18H20FN3O2. The summed E-state index contributed by atoms with van der Waals surface area (Å²) >= 11 is 0. The van der Waals surface area contributed by atoms with E-state index < -0.39 is 5.41 Å². The van der Waals surface area contributed by atoms with Crippen LogP contribution in [0.5, 0.6) is 0 Å². The molecule has 2 aliphatic rings. The fourth-order valence-corrected chi connectivity index (χ4v) is 3.83. The first-order valence-corrected chi connectivity index (χ1v) is 8.33. The number of carbonyl (C=O) groups excluding carboxylic acids is 1. The average Bonchev–Trinajstić information content (AvgIpc) is 3.09. The first-order valence-electron chi connectivity index (χ1n) is 8.33. The number of aromatic nitrogens is 2. The van der Waals surface area contributed by atoms with Crippen LogP contribution in [0.1, 0.15) is 29.7 Å². The lowest BCUT2D eigenvalue weighted by molar-refractivity contribution is -0.142. The van der Waals surface area contributed by atoms with Gasteiger partial charge in [0.05, 0.1) is 11.6 Å². The van der Waals surface area contributed by atoms with Gasteiger partial charge in [0.1, 0.15) is 5.82 Å². The van der Waals surface area contributed by atoms with Gasteiger partial charge in [0.25, 0.3) is 0 Å². The second kappa shape index (κ2) is 6.02. The largest absolute Gasteiger partial charge is 0.381 e. The second-order valence-corrected chi connectivity index (χ2v) is 6.56. The van der Waals surface area contributed by atoms with Gasteiger partial charge in [0.2, 0.25) is 5.91 Å². The van der Waals surface area contributed by atoms with Crippen LogP contribution in [-0.4, -0.2) is 40.8 Å². The normalized spacial score (nSPS) is 19.8. The third kappa shape index (κ3) is 2.51. The van der Waals surface area contributed by atoms with Crippen LogP contribution in [-0.2, 0) is 27.9 Å². The smallest absolute Gasteiger partial charge is 0.233 e. The van der Waals surface area contributed by atoms with Gasteiger partial charge in [0.15, 0.2) is 0 Å². The highest BCUT2D eigenvalue weighted by atomic mass is 19.1. The van der Waals surface area contributed by atoms with Crippen molar-refractivity contribution in [2.45, 2.75) is 31.2 Å². The Bertz CT molecular complexity index is 752. The van der Waals surface area contributed by atoms with E-state index in [1.165, 1.54) is 12.1 Å². The maximum absolute atomic E-state index is 13.8. The lowest BCUT2D eigenvalue weighted by atomic mass is 9.72. The molecule has 0 aliphatic carbocycles. The highest BCUT2D eigenvalue weighted by Crippen LogP contribution is 2.38. The number of halogens is 1. The van der Waals surface area contributed by atoms with E-state index in [1.807, 2.05) is 11.0 Å². The summed E-state index contributed by atoms with van der Waals surface area (Å²) in [7, 11) is 0. The molecule has 0 radical (unpaired) electrons. The Balaban J connectivity index is 1.68. The van der Waals surface area contributed by atoms with E-state index in [2.05, 4.69) is 10.2 Å². The summed E-state index contributed by atoms with van der Waals surface area (Å²) in [6.07, 6.45) is 3.73. The van der Waals surface area contributed by atoms with Crippen LogP contribution in [0, 0.1) is 5.82 Å². The highest BCUT2D eigenvalue weighted by Gasteiger charge is 2.44. The molecule has 2 aromatic rings. The molecule has 0 saturated carbocycles. The number of ether oxygens (including phenoxy) is 1. The van der Waals surface area contributed by atoms with Crippen LogP contribution in [0.15, 0.2) is 30.5 Å². The molecule has 126 valence electrons. The summed E-state index contributed by atoms with van der Waals surface area (Å²) < 4.78 is 19.3. The van der Waals surface area contributed by atoms with Crippen molar-refractivity contribution < 1.29 is 13.9 Å². The van der Waals surface area contributed by atoms with E-state index in [0.717, 1.165) is 23.2 Å². The fourth-order valence-electron chi connectivity index (χ4n) is 3.83. The maximum atomic E-state index is 13.8. The molecule has 0 bridgehead atoms. The van der Waals surface area contributed by atoms with E-state index in [4.69, 9.17) is 4.74 Å². The van der Waals surface area contributed by atoms with Crippen molar-refractivity contribution in [1.29, 1.82) is 0 Å². The molecule has 1 aromatic heterocycles. The van der Waals surface area contributed by atoms with Gasteiger partial charge >= 0.3 is 0 Å². The number of nitrogens with one attached hydrogen (secondary N) is 1. The number of hydrogen-bond acceptors (Lipinski definition) is 3. The third-order valence-electron chi connectivity index (χ3n) is 5.22. The number of benzene rings is 1.